The van der Waals surface area contributed by atoms with E-state index in [0.717, 1.165) is 0 Å². The van der Waals surface area contributed by atoms with Crippen LogP contribution in [0.1, 0.15) is 40.3 Å². The Morgan fingerprint density at radius 1 is 0.895 bits per heavy atom. The van der Waals surface area contributed by atoms with Crippen molar-refractivity contribution in [2.75, 3.05) is 5.32 Å². The molecule has 0 radical (unpaired) electrons. The zero-order valence-electron chi connectivity index (χ0n) is 12.0. The number of fused-ring (bicyclic) bond motifs is 1. The molecule has 1 atom stereocenters. The predicted octanol–water partition coefficient (Wildman–Crippen LogP) is 4.71. The van der Waals surface area contributed by atoms with E-state index in [1.165, 1.54) is 46.3 Å². The van der Waals surface area contributed by atoms with Crippen LogP contribution in [0.4, 0.5) is 5.69 Å². The highest BCUT2D eigenvalue weighted by Crippen LogP contribution is 2.34. The molecule has 98 valence electrons. The summed E-state index contributed by atoms with van der Waals surface area (Å²) >= 11 is 0. The minimum atomic E-state index is 0.469. The molecule has 2 aromatic carbocycles. The zero-order chi connectivity index (χ0) is 13.4. The van der Waals surface area contributed by atoms with E-state index in [-0.39, 0.29) is 0 Å². The Balaban J connectivity index is 1.88. The maximum absolute atomic E-state index is 3.71. The van der Waals surface area contributed by atoms with E-state index in [2.05, 4.69) is 62.5 Å². The van der Waals surface area contributed by atoms with Crippen molar-refractivity contribution < 1.29 is 0 Å². The van der Waals surface area contributed by atoms with Crippen LogP contribution in [0.5, 0.6) is 0 Å². The summed E-state index contributed by atoms with van der Waals surface area (Å²) in [5.74, 6) is 0. The number of benzene rings is 2. The van der Waals surface area contributed by atoms with Crippen molar-refractivity contribution in [2.24, 2.45) is 0 Å². The largest absolute Gasteiger partial charge is 0.378 e. The molecule has 0 bridgehead atoms. The normalized spacial score (nSPS) is 17.3. The molecule has 1 heteroatoms. The number of anilines is 1. The van der Waals surface area contributed by atoms with E-state index < -0.39 is 0 Å². The molecule has 0 aromatic heterocycles. The Morgan fingerprint density at radius 2 is 1.63 bits per heavy atom. The maximum Gasteiger partial charge on any atom is 0.0519 e. The third-order valence-corrected chi connectivity index (χ3v) is 3.94. The van der Waals surface area contributed by atoms with Gasteiger partial charge in [-0.1, -0.05) is 29.8 Å². The molecular formula is C18H21N. The van der Waals surface area contributed by atoms with Crippen LogP contribution >= 0.6 is 0 Å². The molecule has 0 heterocycles. The average Bonchev–Trinajstić information content (AvgIpc) is 2.70. The quantitative estimate of drug-likeness (QED) is 0.815. The fourth-order valence-corrected chi connectivity index (χ4v) is 3.13. The van der Waals surface area contributed by atoms with Crippen molar-refractivity contribution in [3.05, 3.63) is 64.2 Å². The van der Waals surface area contributed by atoms with Crippen LogP contribution in [0.25, 0.3) is 0 Å². The topological polar surface area (TPSA) is 12.0 Å². The molecule has 1 aliphatic carbocycles. The van der Waals surface area contributed by atoms with Crippen molar-refractivity contribution in [3.8, 4) is 0 Å². The first-order chi connectivity index (χ1) is 9.11. The average molecular weight is 251 g/mol. The second-order valence-corrected chi connectivity index (χ2v) is 5.81. The van der Waals surface area contributed by atoms with Crippen LogP contribution in [-0.2, 0) is 6.42 Å². The monoisotopic (exact) mass is 251 g/mol. The van der Waals surface area contributed by atoms with Crippen LogP contribution in [0.2, 0.25) is 0 Å². The van der Waals surface area contributed by atoms with Gasteiger partial charge in [0.1, 0.15) is 0 Å². The molecule has 0 saturated carbocycles. The van der Waals surface area contributed by atoms with Gasteiger partial charge in [-0.25, -0.2) is 0 Å². The van der Waals surface area contributed by atoms with E-state index in [4.69, 9.17) is 0 Å². The van der Waals surface area contributed by atoms with Gasteiger partial charge in [0.05, 0.1) is 6.04 Å². The Morgan fingerprint density at radius 3 is 2.37 bits per heavy atom. The van der Waals surface area contributed by atoms with Crippen LogP contribution in [-0.4, -0.2) is 0 Å². The minimum Gasteiger partial charge on any atom is -0.378 e. The fraction of sp³-hybridized carbons (Fsp3) is 0.333. The van der Waals surface area contributed by atoms with Gasteiger partial charge in [-0.05, 0) is 68.0 Å². The zero-order valence-corrected chi connectivity index (χ0v) is 12.0. The fourth-order valence-electron chi connectivity index (χ4n) is 3.13. The Kier molecular flexibility index (Phi) is 3.06. The first-order valence-corrected chi connectivity index (χ1v) is 7.06. The second kappa shape index (κ2) is 4.73. The molecule has 0 spiro atoms. The maximum atomic E-state index is 3.71. The lowest BCUT2D eigenvalue weighted by Gasteiger charge is -2.17. The summed E-state index contributed by atoms with van der Waals surface area (Å²) in [4.78, 5) is 0. The summed E-state index contributed by atoms with van der Waals surface area (Å²) in [6.45, 7) is 6.49. The number of hydrogen-bond acceptors (Lipinski definition) is 1. The minimum absolute atomic E-state index is 0.469. The summed E-state index contributed by atoms with van der Waals surface area (Å²) < 4.78 is 0. The molecule has 1 unspecified atom stereocenters. The predicted molar refractivity (Wildman–Crippen MR) is 81.8 cm³/mol. The summed E-state index contributed by atoms with van der Waals surface area (Å²) in [6, 6.07) is 14.0. The lowest BCUT2D eigenvalue weighted by atomic mass is 10.0. The standard InChI is InChI=1S/C18H21N/c1-12-4-5-15-6-7-18(17(15)11-12)19-16-9-13(2)8-14(3)10-16/h4-5,8-11,18-19H,6-7H2,1-3H3. The Hall–Kier alpha value is -1.76. The molecule has 0 fully saturated rings. The van der Waals surface area contributed by atoms with Crippen LogP contribution in [0.15, 0.2) is 36.4 Å². The first-order valence-electron chi connectivity index (χ1n) is 7.06. The third kappa shape index (κ3) is 2.51. The molecule has 1 N–H and O–H groups in total. The Labute approximate surface area is 115 Å². The number of aryl methyl sites for hydroxylation is 4. The van der Waals surface area contributed by atoms with E-state index >= 15 is 0 Å². The van der Waals surface area contributed by atoms with E-state index in [9.17, 15) is 0 Å². The smallest absolute Gasteiger partial charge is 0.0519 e. The van der Waals surface area contributed by atoms with Crippen LogP contribution in [0, 0.1) is 20.8 Å². The van der Waals surface area contributed by atoms with Gasteiger partial charge in [-0.15, -0.1) is 0 Å². The summed E-state index contributed by atoms with van der Waals surface area (Å²) in [5, 5.41) is 3.71. The molecule has 0 amide bonds. The molecule has 1 aliphatic rings. The van der Waals surface area contributed by atoms with Crippen LogP contribution < -0.4 is 5.32 Å². The van der Waals surface area contributed by atoms with Crippen molar-refractivity contribution in [2.45, 2.75) is 39.7 Å². The van der Waals surface area contributed by atoms with E-state index in [1.54, 1.807) is 0 Å². The lowest BCUT2D eigenvalue weighted by molar-refractivity contribution is 0.761. The molecule has 3 rings (SSSR count). The lowest BCUT2D eigenvalue weighted by Crippen LogP contribution is -2.07. The van der Waals surface area contributed by atoms with Crippen molar-refractivity contribution in [1.29, 1.82) is 0 Å². The molecule has 2 aromatic rings. The molecule has 0 aliphatic heterocycles. The summed E-state index contributed by atoms with van der Waals surface area (Å²) in [6.07, 6.45) is 2.39. The molecule has 19 heavy (non-hydrogen) atoms. The van der Waals surface area contributed by atoms with Crippen molar-refractivity contribution >= 4 is 5.69 Å². The van der Waals surface area contributed by atoms with E-state index in [1.807, 2.05) is 0 Å². The number of hydrogen-bond donors (Lipinski definition) is 1. The van der Waals surface area contributed by atoms with Crippen molar-refractivity contribution in [3.63, 3.8) is 0 Å². The van der Waals surface area contributed by atoms with Gasteiger partial charge in [-0.2, -0.15) is 0 Å². The third-order valence-electron chi connectivity index (χ3n) is 3.94. The highest BCUT2D eigenvalue weighted by atomic mass is 14.9. The van der Waals surface area contributed by atoms with Gasteiger partial charge in [0.15, 0.2) is 0 Å². The molecule has 0 saturated heterocycles. The number of nitrogens with one attached hydrogen (secondary N) is 1. The molecule has 1 nitrogen and oxygen atoms in total. The summed E-state index contributed by atoms with van der Waals surface area (Å²) in [7, 11) is 0. The second-order valence-electron chi connectivity index (χ2n) is 5.81. The highest BCUT2D eigenvalue weighted by Gasteiger charge is 2.22. The van der Waals surface area contributed by atoms with Gasteiger partial charge in [0.25, 0.3) is 0 Å². The van der Waals surface area contributed by atoms with Gasteiger partial charge < -0.3 is 5.32 Å². The SMILES string of the molecule is Cc1cc(C)cc(NC2CCc3ccc(C)cc32)c1. The highest BCUT2D eigenvalue weighted by molar-refractivity contribution is 5.52. The molecular weight excluding hydrogens is 230 g/mol. The van der Waals surface area contributed by atoms with E-state index in [0.29, 0.717) is 6.04 Å². The number of rotatable bonds is 2. The van der Waals surface area contributed by atoms with Gasteiger partial charge in [-0.3, -0.25) is 0 Å². The first kappa shape index (κ1) is 12.3. The van der Waals surface area contributed by atoms with Crippen molar-refractivity contribution in [1.82, 2.24) is 0 Å². The van der Waals surface area contributed by atoms with Gasteiger partial charge in [0.2, 0.25) is 0 Å². The van der Waals surface area contributed by atoms with Gasteiger partial charge in [0, 0.05) is 5.69 Å². The summed E-state index contributed by atoms with van der Waals surface area (Å²) in [5.41, 5.74) is 8.24. The van der Waals surface area contributed by atoms with Gasteiger partial charge >= 0.3 is 0 Å². The Bertz CT molecular complexity index is 593. The van der Waals surface area contributed by atoms with Crippen LogP contribution in [0.3, 0.4) is 0 Å².